The summed E-state index contributed by atoms with van der Waals surface area (Å²) in [4.78, 5) is 14.3. The smallest absolute Gasteiger partial charge is 0.413 e. The maximum absolute atomic E-state index is 15.2. The Morgan fingerprint density at radius 3 is 2.60 bits per heavy atom. The van der Waals surface area contributed by atoms with Gasteiger partial charge in [0.1, 0.15) is 45.9 Å². The number of rotatable bonds is 7. The summed E-state index contributed by atoms with van der Waals surface area (Å²) >= 11 is 7.74. The molecular weight excluding hydrogens is 587 g/mol. The monoisotopic (exact) mass is 616 g/mol. The second-order valence-corrected chi connectivity index (χ2v) is 12.7. The van der Waals surface area contributed by atoms with Gasteiger partial charge >= 0.3 is 6.09 Å². The fourth-order valence-corrected chi connectivity index (χ4v) is 5.61. The van der Waals surface area contributed by atoms with Crippen LogP contribution in [0.5, 0.6) is 11.5 Å². The van der Waals surface area contributed by atoms with Crippen LogP contribution in [0, 0.1) is 17.1 Å². The molecule has 2 fully saturated rings. The quantitative estimate of drug-likeness (QED) is 0.312. The van der Waals surface area contributed by atoms with E-state index >= 15 is 4.39 Å². The Balaban J connectivity index is 1.30. The first-order valence-electron chi connectivity index (χ1n) is 13.3. The van der Waals surface area contributed by atoms with Crippen molar-refractivity contribution in [3.8, 4) is 38.7 Å². The number of carbonyl (C=O) groups is 1. The number of aromatic nitrogens is 2. The van der Waals surface area contributed by atoms with Crippen molar-refractivity contribution in [3.63, 3.8) is 0 Å². The van der Waals surface area contributed by atoms with E-state index in [0.717, 1.165) is 0 Å². The second kappa shape index (κ2) is 11.6. The van der Waals surface area contributed by atoms with Crippen LogP contribution < -0.4 is 9.47 Å². The van der Waals surface area contributed by atoms with Crippen molar-refractivity contribution in [1.29, 1.82) is 5.26 Å². The zero-order valence-electron chi connectivity index (χ0n) is 23.8. The third-order valence-electron chi connectivity index (χ3n) is 6.52. The molecule has 0 saturated carbocycles. The number of nitrogens with zero attached hydrogens (tertiary/aromatic N) is 4. The number of amides is 1. The predicted molar refractivity (Wildman–Crippen MR) is 153 cm³/mol. The first-order valence-corrected chi connectivity index (χ1v) is 14.4. The molecule has 1 aromatic heterocycles. The summed E-state index contributed by atoms with van der Waals surface area (Å²) in [5, 5.41) is 19.2. The highest BCUT2D eigenvalue weighted by atomic mass is 35.5. The molecule has 42 heavy (non-hydrogen) atoms. The van der Waals surface area contributed by atoms with Gasteiger partial charge in [0.25, 0.3) is 0 Å². The van der Waals surface area contributed by atoms with E-state index in [-0.39, 0.29) is 30.1 Å². The van der Waals surface area contributed by atoms with E-state index in [2.05, 4.69) is 16.3 Å². The highest BCUT2D eigenvalue weighted by molar-refractivity contribution is 7.18. The lowest BCUT2D eigenvalue weighted by Crippen LogP contribution is -2.51. The van der Waals surface area contributed by atoms with Gasteiger partial charge in [-0.05, 0) is 58.9 Å². The molecular formula is C29H30ClFN4O6S. The van der Waals surface area contributed by atoms with Gasteiger partial charge < -0.3 is 23.7 Å². The highest BCUT2D eigenvalue weighted by Crippen LogP contribution is 2.38. The largest absolute Gasteiger partial charge is 0.488 e. The Labute approximate surface area is 251 Å². The second-order valence-electron chi connectivity index (χ2n) is 11.3. The minimum atomic E-state index is -0.918. The average molecular weight is 617 g/mol. The van der Waals surface area contributed by atoms with Crippen molar-refractivity contribution in [2.45, 2.75) is 58.1 Å². The van der Waals surface area contributed by atoms with E-state index in [4.69, 9.17) is 35.3 Å². The van der Waals surface area contributed by atoms with Gasteiger partial charge in [-0.25, -0.2) is 9.18 Å². The summed E-state index contributed by atoms with van der Waals surface area (Å²) < 4.78 is 43.2. The summed E-state index contributed by atoms with van der Waals surface area (Å²) in [6, 6.07) is 9.42. The molecule has 10 nitrogen and oxygen atoms in total. The van der Waals surface area contributed by atoms with E-state index in [1.165, 1.54) is 28.4 Å². The number of nitriles is 1. The molecule has 0 bridgehead atoms. The third-order valence-corrected chi connectivity index (χ3v) is 7.84. The van der Waals surface area contributed by atoms with Gasteiger partial charge in [-0.2, -0.15) is 5.26 Å². The summed E-state index contributed by atoms with van der Waals surface area (Å²) in [6.45, 7) is 10.00. The molecule has 2 aliphatic rings. The number of carbonyl (C=O) groups excluding carboxylic acids is 1. The lowest BCUT2D eigenvalue weighted by molar-refractivity contribution is -0.0797. The molecule has 2 aliphatic heterocycles. The lowest BCUT2D eigenvalue weighted by Gasteiger charge is -2.35. The molecule has 1 unspecified atom stereocenters. The molecule has 2 aromatic carbocycles. The molecule has 0 radical (unpaired) electrons. The molecule has 2 saturated heterocycles. The maximum Gasteiger partial charge on any atom is 0.413 e. The van der Waals surface area contributed by atoms with Crippen molar-refractivity contribution in [3.05, 3.63) is 46.7 Å². The van der Waals surface area contributed by atoms with Crippen LogP contribution in [-0.4, -0.2) is 71.1 Å². The van der Waals surface area contributed by atoms with Crippen molar-refractivity contribution in [2.75, 3.05) is 26.4 Å². The zero-order valence-corrected chi connectivity index (χ0v) is 25.3. The Morgan fingerprint density at radius 1 is 1.19 bits per heavy atom. The van der Waals surface area contributed by atoms with Gasteiger partial charge in [0.2, 0.25) is 0 Å². The minimum Gasteiger partial charge on any atom is -0.488 e. The van der Waals surface area contributed by atoms with Crippen LogP contribution in [0.25, 0.3) is 21.1 Å². The molecule has 3 aromatic rings. The first-order chi connectivity index (χ1) is 19.8. The molecule has 13 heteroatoms. The van der Waals surface area contributed by atoms with Crippen molar-refractivity contribution in [1.82, 2.24) is 15.1 Å². The highest BCUT2D eigenvalue weighted by Gasteiger charge is 2.46. The minimum absolute atomic E-state index is 0.0348. The van der Waals surface area contributed by atoms with Gasteiger partial charge in [-0.1, -0.05) is 22.9 Å². The van der Waals surface area contributed by atoms with Crippen molar-refractivity contribution < 1.29 is 32.9 Å². The third kappa shape index (κ3) is 6.44. The SMILES string of the molecule is CC(C)(C)OC(=O)N1C(COc2cc(Cl)c(-c3nnc(-c4ccc(OC5COC5)c(C#N)c4)s3)cc2F)COC1(C)C. The summed E-state index contributed by atoms with van der Waals surface area (Å²) in [5.41, 5.74) is -0.235. The fraction of sp³-hybridized carbons (Fsp3) is 0.448. The predicted octanol–water partition coefficient (Wildman–Crippen LogP) is 6.06. The number of hydrogen-bond acceptors (Lipinski definition) is 10. The Bertz CT molecular complexity index is 1530. The van der Waals surface area contributed by atoms with Crippen LogP contribution in [-0.2, 0) is 14.2 Å². The number of hydrogen-bond donors (Lipinski definition) is 0. The van der Waals surface area contributed by atoms with Crippen LogP contribution in [0.3, 0.4) is 0 Å². The van der Waals surface area contributed by atoms with E-state index < -0.39 is 29.3 Å². The average Bonchev–Trinajstić information content (AvgIpc) is 3.49. The van der Waals surface area contributed by atoms with E-state index in [1.807, 2.05) is 0 Å². The van der Waals surface area contributed by atoms with Gasteiger partial charge in [0.15, 0.2) is 11.6 Å². The molecule has 1 atom stereocenters. The van der Waals surface area contributed by atoms with Crippen LogP contribution >= 0.6 is 22.9 Å². The topological polar surface area (TPSA) is 116 Å². The zero-order chi connectivity index (χ0) is 30.2. The van der Waals surface area contributed by atoms with Gasteiger partial charge in [-0.15, -0.1) is 10.2 Å². The number of halogens is 2. The molecule has 0 N–H and O–H groups in total. The van der Waals surface area contributed by atoms with Crippen molar-refractivity contribution in [2.24, 2.45) is 0 Å². The standard InChI is InChI=1S/C29H30ClFN4O6S/c1-28(2,3)41-27(36)35-18(13-39-29(35,4)5)12-38-24-10-21(30)20(9-22(24)31)26-34-33-25(42-26)16-6-7-23(17(8-16)11-32)40-19-14-37-15-19/h6-10,18-19H,12-15H2,1-5H3. The molecule has 0 aliphatic carbocycles. The Morgan fingerprint density at radius 2 is 1.93 bits per heavy atom. The lowest BCUT2D eigenvalue weighted by atomic mass is 10.1. The van der Waals surface area contributed by atoms with E-state index in [1.54, 1.807) is 52.8 Å². The molecule has 222 valence electrons. The van der Waals surface area contributed by atoms with Crippen LogP contribution in [0.15, 0.2) is 30.3 Å². The summed E-state index contributed by atoms with van der Waals surface area (Å²) in [6.07, 6.45) is -0.612. The maximum atomic E-state index is 15.2. The fourth-order valence-electron chi connectivity index (χ4n) is 4.44. The van der Waals surface area contributed by atoms with Crippen LogP contribution in [0.1, 0.15) is 40.2 Å². The van der Waals surface area contributed by atoms with Crippen molar-refractivity contribution >= 4 is 29.0 Å². The van der Waals surface area contributed by atoms with E-state index in [0.29, 0.717) is 45.7 Å². The molecule has 3 heterocycles. The first kappa shape index (κ1) is 30.0. The normalized spacial score (nSPS) is 18.3. The van der Waals surface area contributed by atoms with Crippen LogP contribution in [0.2, 0.25) is 5.02 Å². The van der Waals surface area contributed by atoms with Gasteiger partial charge in [-0.3, -0.25) is 4.90 Å². The summed E-state index contributed by atoms with van der Waals surface area (Å²) in [7, 11) is 0. The Hall–Kier alpha value is -3.50. The van der Waals surface area contributed by atoms with Gasteiger partial charge in [0.05, 0.1) is 36.4 Å². The van der Waals surface area contributed by atoms with E-state index in [9.17, 15) is 10.1 Å². The number of benzene rings is 2. The Kier molecular flexibility index (Phi) is 8.31. The van der Waals surface area contributed by atoms with Crippen LogP contribution in [0.4, 0.5) is 9.18 Å². The molecule has 5 rings (SSSR count). The summed E-state index contributed by atoms with van der Waals surface area (Å²) in [5.74, 6) is -0.253. The van der Waals surface area contributed by atoms with Gasteiger partial charge in [0, 0.05) is 17.2 Å². The molecule has 1 amide bonds. The number of ether oxygens (including phenoxy) is 5. The molecule has 0 spiro atoms.